The van der Waals surface area contributed by atoms with E-state index in [-0.39, 0.29) is 17.0 Å². The molecule has 0 spiro atoms. The van der Waals surface area contributed by atoms with E-state index in [0.29, 0.717) is 10.3 Å². The molecule has 0 aliphatic heterocycles. The molecule has 0 fully saturated rings. The van der Waals surface area contributed by atoms with Crippen LogP contribution >= 0.6 is 15.9 Å². The summed E-state index contributed by atoms with van der Waals surface area (Å²) in [5, 5.41) is 11.1. The molecule has 2 rings (SSSR count). The average molecular weight is 382 g/mol. The molecule has 0 amide bonds. The topological polar surface area (TPSA) is 104 Å². The van der Waals surface area contributed by atoms with Gasteiger partial charge in [-0.2, -0.15) is 0 Å². The third kappa shape index (κ3) is 3.81. The number of halogens is 1. The predicted octanol–water partition coefficient (Wildman–Crippen LogP) is 3.07. The maximum atomic E-state index is 11.7. The van der Waals surface area contributed by atoms with Crippen LogP contribution in [0, 0.1) is 10.1 Å². The Balaban J connectivity index is 2.39. The van der Waals surface area contributed by atoms with Gasteiger partial charge in [0.15, 0.2) is 11.9 Å². The molecule has 0 bridgehead atoms. The van der Waals surface area contributed by atoms with Crippen LogP contribution < -0.4 is 4.74 Å². The lowest BCUT2D eigenvalue weighted by Crippen LogP contribution is -2.10. The van der Waals surface area contributed by atoms with Crippen LogP contribution in [-0.4, -0.2) is 28.0 Å². The molecule has 0 N–H and O–H groups in total. The number of hydrogen-bond donors (Lipinski definition) is 0. The van der Waals surface area contributed by atoms with Crippen molar-refractivity contribution < 1.29 is 19.2 Å². The Morgan fingerprint density at radius 1 is 1.35 bits per heavy atom. The van der Waals surface area contributed by atoms with Gasteiger partial charge in [0.25, 0.3) is 5.69 Å². The number of ether oxygens (including phenoxy) is 2. The molecule has 0 saturated carbocycles. The number of carbonyl (C=O) groups is 1. The fourth-order valence-electron chi connectivity index (χ4n) is 1.82. The SMILES string of the molecule is COC(=O)c1cc(OC(C)c2ncccn2)c(Br)cc1[N+](=O)[O-]. The normalized spacial score (nSPS) is 11.6. The Kier molecular flexibility index (Phi) is 5.22. The van der Waals surface area contributed by atoms with Crippen LogP contribution in [0.3, 0.4) is 0 Å². The summed E-state index contributed by atoms with van der Waals surface area (Å²) in [6.07, 6.45) is 2.64. The van der Waals surface area contributed by atoms with E-state index >= 15 is 0 Å². The van der Waals surface area contributed by atoms with Gasteiger partial charge in [-0.3, -0.25) is 10.1 Å². The molecule has 1 atom stereocenters. The zero-order valence-corrected chi connectivity index (χ0v) is 13.8. The average Bonchev–Trinajstić information content (AvgIpc) is 2.56. The summed E-state index contributed by atoms with van der Waals surface area (Å²) in [5.41, 5.74) is -0.573. The van der Waals surface area contributed by atoms with Gasteiger partial charge >= 0.3 is 5.97 Å². The van der Waals surface area contributed by atoms with Crippen LogP contribution in [-0.2, 0) is 4.74 Å². The van der Waals surface area contributed by atoms with Crippen LogP contribution in [0.25, 0.3) is 0 Å². The molecular weight excluding hydrogens is 370 g/mol. The molecule has 0 aliphatic rings. The van der Waals surface area contributed by atoms with Crippen molar-refractivity contribution in [3.05, 3.63) is 56.6 Å². The Bertz CT molecular complexity index is 739. The fourth-order valence-corrected chi connectivity index (χ4v) is 2.25. The van der Waals surface area contributed by atoms with E-state index in [4.69, 9.17) is 4.74 Å². The van der Waals surface area contributed by atoms with E-state index < -0.39 is 17.0 Å². The molecule has 0 radical (unpaired) electrons. The first-order chi connectivity index (χ1) is 10.9. The Morgan fingerprint density at radius 3 is 2.57 bits per heavy atom. The second-order valence-electron chi connectivity index (χ2n) is 4.42. The fraction of sp³-hybridized carbons (Fsp3) is 0.214. The molecule has 0 saturated heterocycles. The van der Waals surface area contributed by atoms with Gasteiger partial charge in [0.1, 0.15) is 11.3 Å². The number of nitrogens with zero attached hydrogens (tertiary/aromatic N) is 3. The first-order valence-corrected chi connectivity index (χ1v) is 7.23. The molecule has 2 aromatic rings. The van der Waals surface area contributed by atoms with E-state index in [1.54, 1.807) is 25.4 Å². The van der Waals surface area contributed by atoms with Crippen molar-refractivity contribution in [2.24, 2.45) is 0 Å². The second-order valence-corrected chi connectivity index (χ2v) is 5.27. The lowest BCUT2D eigenvalue weighted by molar-refractivity contribution is -0.385. The monoisotopic (exact) mass is 381 g/mol. The molecule has 0 aliphatic carbocycles. The van der Waals surface area contributed by atoms with Crippen molar-refractivity contribution in [3.63, 3.8) is 0 Å². The Labute approximate surface area is 139 Å². The molecule has 9 heteroatoms. The Morgan fingerprint density at radius 2 is 2.00 bits per heavy atom. The zero-order chi connectivity index (χ0) is 17.0. The number of esters is 1. The lowest BCUT2D eigenvalue weighted by atomic mass is 10.1. The van der Waals surface area contributed by atoms with Gasteiger partial charge in [0.05, 0.1) is 16.5 Å². The number of hydrogen-bond acceptors (Lipinski definition) is 7. The number of nitro groups is 1. The summed E-state index contributed by atoms with van der Waals surface area (Å²) in [6.45, 7) is 1.72. The summed E-state index contributed by atoms with van der Waals surface area (Å²) < 4.78 is 10.6. The molecule has 1 aromatic carbocycles. The van der Waals surface area contributed by atoms with E-state index in [2.05, 4.69) is 30.6 Å². The quantitative estimate of drug-likeness (QED) is 0.445. The second kappa shape index (κ2) is 7.14. The van der Waals surface area contributed by atoms with Crippen LogP contribution in [0.2, 0.25) is 0 Å². The van der Waals surface area contributed by atoms with E-state index in [9.17, 15) is 14.9 Å². The van der Waals surface area contributed by atoms with Gasteiger partial charge in [0.2, 0.25) is 0 Å². The van der Waals surface area contributed by atoms with Crippen molar-refractivity contribution in [3.8, 4) is 5.75 Å². The first kappa shape index (κ1) is 16.8. The van der Waals surface area contributed by atoms with Gasteiger partial charge in [-0.05, 0) is 28.9 Å². The molecule has 23 heavy (non-hydrogen) atoms. The van der Waals surface area contributed by atoms with Crippen molar-refractivity contribution >= 4 is 27.6 Å². The summed E-state index contributed by atoms with van der Waals surface area (Å²) in [6, 6.07) is 4.13. The van der Waals surface area contributed by atoms with Crippen molar-refractivity contribution in [1.82, 2.24) is 9.97 Å². The van der Waals surface area contributed by atoms with Crippen LogP contribution in [0.4, 0.5) is 5.69 Å². The predicted molar refractivity (Wildman–Crippen MR) is 83.2 cm³/mol. The molecular formula is C14H12BrN3O5. The smallest absolute Gasteiger partial charge is 0.345 e. The molecule has 8 nitrogen and oxygen atoms in total. The van der Waals surface area contributed by atoms with E-state index in [0.717, 1.165) is 7.11 Å². The number of methoxy groups -OCH3 is 1. The highest BCUT2D eigenvalue weighted by Gasteiger charge is 2.25. The van der Waals surface area contributed by atoms with Crippen LogP contribution in [0.1, 0.15) is 29.2 Å². The van der Waals surface area contributed by atoms with Gasteiger partial charge in [0, 0.05) is 24.5 Å². The minimum Gasteiger partial charge on any atom is -0.482 e. The van der Waals surface area contributed by atoms with Crippen LogP contribution in [0.5, 0.6) is 5.75 Å². The summed E-state index contributed by atoms with van der Waals surface area (Å²) >= 11 is 3.20. The van der Waals surface area contributed by atoms with E-state index in [1.165, 1.54) is 12.1 Å². The molecule has 1 aromatic heterocycles. The number of aromatic nitrogens is 2. The van der Waals surface area contributed by atoms with Gasteiger partial charge in [-0.1, -0.05) is 0 Å². The first-order valence-electron chi connectivity index (χ1n) is 6.44. The summed E-state index contributed by atoms with van der Waals surface area (Å²) in [4.78, 5) is 30.3. The lowest BCUT2D eigenvalue weighted by Gasteiger charge is -2.15. The molecule has 1 unspecified atom stereocenters. The highest BCUT2D eigenvalue weighted by Crippen LogP contribution is 2.35. The van der Waals surface area contributed by atoms with Crippen molar-refractivity contribution in [2.75, 3.05) is 7.11 Å². The number of nitro benzene ring substituents is 1. The summed E-state index contributed by atoms with van der Waals surface area (Å²) in [5.74, 6) is -0.133. The zero-order valence-electron chi connectivity index (χ0n) is 12.2. The number of rotatable bonds is 5. The molecule has 1 heterocycles. The van der Waals surface area contributed by atoms with Crippen LogP contribution in [0.15, 0.2) is 35.1 Å². The number of carbonyl (C=O) groups excluding carboxylic acids is 1. The standard InChI is InChI=1S/C14H12BrN3O5/c1-8(13-16-4-3-5-17-13)23-12-6-9(14(19)22-2)11(18(20)21)7-10(12)15/h3-8H,1-2H3. The van der Waals surface area contributed by atoms with E-state index in [1.807, 2.05) is 0 Å². The van der Waals surface area contributed by atoms with Crippen molar-refractivity contribution in [1.29, 1.82) is 0 Å². The highest BCUT2D eigenvalue weighted by atomic mass is 79.9. The highest BCUT2D eigenvalue weighted by molar-refractivity contribution is 9.10. The van der Waals surface area contributed by atoms with Gasteiger partial charge in [-0.25, -0.2) is 14.8 Å². The van der Waals surface area contributed by atoms with Gasteiger partial charge in [-0.15, -0.1) is 0 Å². The minimum atomic E-state index is -0.822. The van der Waals surface area contributed by atoms with Crippen molar-refractivity contribution in [2.45, 2.75) is 13.0 Å². The minimum absolute atomic E-state index is 0.197. The van der Waals surface area contributed by atoms with Gasteiger partial charge < -0.3 is 9.47 Å². The number of benzene rings is 1. The maximum absolute atomic E-state index is 11.7. The third-order valence-corrected chi connectivity index (χ3v) is 3.53. The molecule has 120 valence electrons. The Hall–Kier alpha value is -2.55. The maximum Gasteiger partial charge on any atom is 0.345 e. The summed E-state index contributed by atoms with van der Waals surface area (Å²) in [7, 11) is 1.15. The third-order valence-electron chi connectivity index (χ3n) is 2.91. The largest absolute Gasteiger partial charge is 0.482 e.